The number of aliphatic hydroxyl groups excluding tert-OH is 1. The van der Waals surface area contributed by atoms with Gasteiger partial charge in [-0.05, 0) is 12.1 Å². The van der Waals surface area contributed by atoms with E-state index in [1.54, 1.807) is 0 Å². The van der Waals surface area contributed by atoms with Gasteiger partial charge in [-0.25, -0.2) is 0 Å². The van der Waals surface area contributed by atoms with Crippen molar-refractivity contribution in [3.05, 3.63) is 24.0 Å². The minimum absolute atomic E-state index is 0.354. The maximum Gasteiger partial charge on any atom is 0.291 e. The Morgan fingerprint density at radius 2 is 2.21 bits per heavy atom. The number of alkyl halides is 2. The molecule has 0 aliphatic carbocycles. The zero-order valence-corrected chi connectivity index (χ0v) is 7.70. The molecule has 0 aliphatic heterocycles. The molecule has 0 spiro atoms. The van der Waals surface area contributed by atoms with E-state index in [2.05, 4.69) is 4.98 Å². The third kappa shape index (κ3) is 2.38. The van der Waals surface area contributed by atoms with Crippen LogP contribution < -0.4 is 4.74 Å². The molecule has 1 aromatic heterocycles. The summed E-state index contributed by atoms with van der Waals surface area (Å²) in [6.45, 7) is -0.569. The number of methoxy groups -OCH3 is 1. The van der Waals surface area contributed by atoms with E-state index in [-0.39, 0.29) is 5.69 Å². The first-order chi connectivity index (χ1) is 6.60. The summed E-state index contributed by atoms with van der Waals surface area (Å²) in [5.74, 6) is -2.66. The van der Waals surface area contributed by atoms with Crippen LogP contribution in [0.15, 0.2) is 18.3 Å². The monoisotopic (exact) mass is 203 g/mol. The van der Waals surface area contributed by atoms with E-state index in [0.717, 1.165) is 0 Å². The number of pyridine rings is 1. The summed E-state index contributed by atoms with van der Waals surface area (Å²) in [6.07, 6.45) is 0.604. The molecule has 0 saturated carbocycles. The SMILES string of the molecule is COc1ccc(C(F)(F)CCO)nc1. The van der Waals surface area contributed by atoms with Crippen molar-refractivity contribution in [2.75, 3.05) is 13.7 Å². The maximum atomic E-state index is 13.1. The van der Waals surface area contributed by atoms with Crippen LogP contribution in [0.4, 0.5) is 8.78 Å². The Kier molecular flexibility index (Phi) is 3.35. The summed E-state index contributed by atoms with van der Waals surface area (Å²) >= 11 is 0. The third-order valence-corrected chi connectivity index (χ3v) is 1.77. The van der Waals surface area contributed by atoms with Crippen molar-refractivity contribution in [1.29, 1.82) is 0 Å². The minimum Gasteiger partial charge on any atom is -0.495 e. The lowest BCUT2D eigenvalue weighted by Gasteiger charge is -2.14. The molecule has 5 heteroatoms. The van der Waals surface area contributed by atoms with Gasteiger partial charge >= 0.3 is 0 Å². The molecule has 0 fully saturated rings. The van der Waals surface area contributed by atoms with Gasteiger partial charge in [0.25, 0.3) is 5.92 Å². The molecule has 0 saturated heterocycles. The highest BCUT2D eigenvalue weighted by Crippen LogP contribution is 2.30. The highest BCUT2D eigenvalue weighted by atomic mass is 19.3. The fourth-order valence-corrected chi connectivity index (χ4v) is 0.986. The van der Waals surface area contributed by atoms with E-state index in [4.69, 9.17) is 9.84 Å². The molecule has 0 radical (unpaired) electrons. The van der Waals surface area contributed by atoms with E-state index >= 15 is 0 Å². The van der Waals surface area contributed by atoms with Gasteiger partial charge in [-0.1, -0.05) is 0 Å². The summed E-state index contributed by atoms with van der Waals surface area (Å²) in [4.78, 5) is 3.55. The molecule has 1 N–H and O–H groups in total. The summed E-state index contributed by atoms with van der Waals surface area (Å²) in [7, 11) is 1.43. The average Bonchev–Trinajstić information content (AvgIpc) is 2.18. The van der Waals surface area contributed by atoms with Crippen LogP contribution in [-0.2, 0) is 5.92 Å². The van der Waals surface area contributed by atoms with Crippen molar-refractivity contribution in [2.24, 2.45) is 0 Å². The molecule has 0 amide bonds. The van der Waals surface area contributed by atoms with Gasteiger partial charge in [0.05, 0.1) is 13.3 Å². The van der Waals surface area contributed by atoms with Crippen LogP contribution >= 0.6 is 0 Å². The minimum atomic E-state index is -3.08. The topological polar surface area (TPSA) is 42.4 Å². The van der Waals surface area contributed by atoms with Crippen molar-refractivity contribution in [1.82, 2.24) is 4.98 Å². The van der Waals surface area contributed by atoms with Gasteiger partial charge in [0.1, 0.15) is 11.4 Å². The molecular weight excluding hydrogens is 192 g/mol. The van der Waals surface area contributed by atoms with Crippen molar-refractivity contribution in [3.8, 4) is 5.75 Å². The Labute approximate surface area is 80.3 Å². The lowest BCUT2D eigenvalue weighted by atomic mass is 10.1. The molecule has 14 heavy (non-hydrogen) atoms. The number of hydrogen-bond acceptors (Lipinski definition) is 3. The third-order valence-electron chi connectivity index (χ3n) is 1.77. The maximum absolute atomic E-state index is 13.1. The largest absolute Gasteiger partial charge is 0.495 e. The summed E-state index contributed by atoms with van der Waals surface area (Å²) in [5.41, 5.74) is -0.354. The van der Waals surface area contributed by atoms with Gasteiger partial charge in [0, 0.05) is 13.0 Å². The first-order valence-electron chi connectivity index (χ1n) is 4.09. The standard InChI is InChI=1S/C9H11F2NO2/c1-14-7-2-3-8(12-6-7)9(10,11)4-5-13/h2-3,6,13H,4-5H2,1H3. The van der Waals surface area contributed by atoms with Crippen LogP contribution in [0.2, 0.25) is 0 Å². The second-order valence-corrected chi connectivity index (χ2v) is 2.76. The van der Waals surface area contributed by atoms with E-state index in [9.17, 15) is 8.78 Å². The molecule has 0 aromatic carbocycles. The Hall–Kier alpha value is -1.23. The molecule has 1 aromatic rings. The molecule has 0 unspecified atom stereocenters. The van der Waals surface area contributed by atoms with E-state index in [1.165, 1.54) is 25.4 Å². The second kappa shape index (κ2) is 4.32. The molecule has 1 heterocycles. The van der Waals surface area contributed by atoms with E-state index in [1.807, 2.05) is 0 Å². The summed E-state index contributed by atoms with van der Waals surface area (Å²) < 4.78 is 31.0. The Bertz CT molecular complexity index is 287. The number of ether oxygens (including phenoxy) is 1. The molecule has 0 bridgehead atoms. The molecule has 3 nitrogen and oxygen atoms in total. The fraction of sp³-hybridized carbons (Fsp3) is 0.444. The van der Waals surface area contributed by atoms with Crippen molar-refractivity contribution >= 4 is 0 Å². The normalized spacial score (nSPS) is 11.4. The number of hydrogen-bond donors (Lipinski definition) is 1. The van der Waals surface area contributed by atoms with Crippen LogP contribution in [0.3, 0.4) is 0 Å². The average molecular weight is 203 g/mol. The van der Waals surface area contributed by atoms with Crippen LogP contribution in [0.5, 0.6) is 5.75 Å². The van der Waals surface area contributed by atoms with Gasteiger partial charge in [-0.3, -0.25) is 4.98 Å². The van der Waals surface area contributed by atoms with Crippen molar-refractivity contribution in [3.63, 3.8) is 0 Å². The molecular formula is C9H11F2NO2. The Balaban J connectivity index is 2.85. The van der Waals surface area contributed by atoms with Gasteiger partial charge in [-0.2, -0.15) is 8.78 Å². The zero-order chi connectivity index (χ0) is 10.6. The zero-order valence-electron chi connectivity index (χ0n) is 7.70. The molecule has 1 rings (SSSR count). The van der Waals surface area contributed by atoms with E-state index < -0.39 is 19.0 Å². The van der Waals surface area contributed by atoms with Gasteiger partial charge < -0.3 is 9.84 Å². The quantitative estimate of drug-likeness (QED) is 0.807. The number of aromatic nitrogens is 1. The van der Waals surface area contributed by atoms with Crippen LogP contribution in [0.1, 0.15) is 12.1 Å². The van der Waals surface area contributed by atoms with Gasteiger partial charge in [-0.15, -0.1) is 0 Å². The predicted octanol–water partition coefficient (Wildman–Crippen LogP) is 1.56. The lowest BCUT2D eigenvalue weighted by molar-refractivity contribution is -0.0310. The van der Waals surface area contributed by atoms with Crippen molar-refractivity contribution < 1.29 is 18.6 Å². The Morgan fingerprint density at radius 1 is 1.50 bits per heavy atom. The van der Waals surface area contributed by atoms with Crippen molar-refractivity contribution in [2.45, 2.75) is 12.3 Å². The van der Waals surface area contributed by atoms with E-state index in [0.29, 0.717) is 5.75 Å². The predicted molar refractivity (Wildman–Crippen MR) is 46.4 cm³/mol. The molecule has 0 atom stereocenters. The Morgan fingerprint density at radius 3 is 2.64 bits per heavy atom. The number of nitrogens with zero attached hydrogens (tertiary/aromatic N) is 1. The number of aliphatic hydroxyl groups is 1. The van der Waals surface area contributed by atoms with Gasteiger partial charge in [0.2, 0.25) is 0 Å². The van der Waals surface area contributed by atoms with Crippen LogP contribution in [-0.4, -0.2) is 23.8 Å². The lowest BCUT2D eigenvalue weighted by Crippen LogP contribution is -2.16. The number of halogens is 2. The van der Waals surface area contributed by atoms with Crippen LogP contribution in [0, 0.1) is 0 Å². The number of rotatable bonds is 4. The summed E-state index contributed by atoms with van der Waals surface area (Å²) in [6, 6.07) is 2.60. The van der Waals surface area contributed by atoms with Crippen LogP contribution in [0.25, 0.3) is 0 Å². The highest BCUT2D eigenvalue weighted by Gasteiger charge is 2.32. The van der Waals surface area contributed by atoms with Gasteiger partial charge in [0.15, 0.2) is 0 Å². The smallest absolute Gasteiger partial charge is 0.291 e. The fourth-order valence-electron chi connectivity index (χ4n) is 0.986. The first kappa shape index (κ1) is 10.8. The first-order valence-corrected chi connectivity index (χ1v) is 4.09. The second-order valence-electron chi connectivity index (χ2n) is 2.76. The highest BCUT2D eigenvalue weighted by molar-refractivity contribution is 5.21. The summed E-state index contributed by atoms with van der Waals surface area (Å²) in [5, 5.41) is 8.43. The molecule has 0 aliphatic rings. The molecule has 78 valence electrons.